The van der Waals surface area contributed by atoms with Crippen LogP contribution in [0.2, 0.25) is 0 Å². The molecular weight excluding hydrogens is 244 g/mol. The standard InChI is InChI=1S/C12H18N6O/c1-7-12(2,4-5-19-7)17-9-8-6-14-18-10(8)16-11(13-3)15-9/h6-7H,4-5H2,1-3H3,(H3,13,14,15,16,17,18). The molecule has 3 heterocycles. The van der Waals surface area contributed by atoms with Crippen LogP contribution in [0.5, 0.6) is 0 Å². The number of hydrogen-bond acceptors (Lipinski definition) is 6. The van der Waals surface area contributed by atoms with Gasteiger partial charge in [-0.2, -0.15) is 15.1 Å². The Labute approximate surface area is 111 Å². The predicted octanol–water partition coefficient (Wildman–Crippen LogP) is 1.37. The predicted molar refractivity (Wildman–Crippen MR) is 73.3 cm³/mol. The Hall–Kier alpha value is -1.89. The Kier molecular flexibility index (Phi) is 2.78. The number of H-pyrrole nitrogens is 1. The molecule has 3 N–H and O–H groups in total. The van der Waals surface area contributed by atoms with Crippen molar-refractivity contribution >= 4 is 22.8 Å². The van der Waals surface area contributed by atoms with E-state index in [4.69, 9.17) is 4.74 Å². The summed E-state index contributed by atoms with van der Waals surface area (Å²) in [7, 11) is 1.80. The van der Waals surface area contributed by atoms with Gasteiger partial charge in [0.05, 0.1) is 23.2 Å². The van der Waals surface area contributed by atoms with Gasteiger partial charge in [-0.1, -0.05) is 0 Å². The fourth-order valence-corrected chi connectivity index (χ4v) is 2.31. The quantitative estimate of drug-likeness (QED) is 0.774. The smallest absolute Gasteiger partial charge is 0.226 e. The Morgan fingerprint density at radius 2 is 2.32 bits per heavy atom. The van der Waals surface area contributed by atoms with Crippen LogP contribution in [0.4, 0.5) is 11.8 Å². The van der Waals surface area contributed by atoms with E-state index < -0.39 is 0 Å². The second-order valence-corrected chi connectivity index (χ2v) is 5.08. The molecular formula is C12H18N6O. The van der Waals surface area contributed by atoms with Crippen LogP contribution in [-0.2, 0) is 4.74 Å². The molecule has 2 aromatic heterocycles. The molecule has 102 valence electrons. The fraction of sp³-hybridized carbons (Fsp3) is 0.583. The Morgan fingerprint density at radius 3 is 3.00 bits per heavy atom. The Balaban J connectivity index is 2.02. The Bertz CT molecular complexity index is 597. The van der Waals surface area contributed by atoms with Gasteiger partial charge in [0, 0.05) is 13.7 Å². The first-order valence-electron chi connectivity index (χ1n) is 6.41. The van der Waals surface area contributed by atoms with E-state index in [1.165, 1.54) is 0 Å². The van der Waals surface area contributed by atoms with Crippen molar-refractivity contribution in [2.75, 3.05) is 24.3 Å². The summed E-state index contributed by atoms with van der Waals surface area (Å²) in [6, 6.07) is 0. The molecule has 19 heavy (non-hydrogen) atoms. The van der Waals surface area contributed by atoms with Crippen LogP contribution in [0.15, 0.2) is 6.20 Å². The van der Waals surface area contributed by atoms with Crippen LogP contribution in [0.25, 0.3) is 11.0 Å². The van der Waals surface area contributed by atoms with Gasteiger partial charge in [-0.3, -0.25) is 5.10 Å². The lowest BCUT2D eigenvalue weighted by Gasteiger charge is -2.29. The van der Waals surface area contributed by atoms with Gasteiger partial charge in [0.25, 0.3) is 0 Å². The van der Waals surface area contributed by atoms with E-state index in [-0.39, 0.29) is 11.6 Å². The van der Waals surface area contributed by atoms with Crippen molar-refractivity contribution in [1.82, 2.24) is 20.2 Å². The van der Waals surface area contributed by atoms with E-state index in [2.05, 4.69) is 44.6 Å². The van der Waals surface area contributed by atoms with Gasteiger partial charge in [-0.25, -0.2) is 0 Å². The fourth-order valence-electron chi connectivity index (χ4n) is 2.31. The lowest BCUT2D eigenvalue weighted by atomic mass is 9.94. The monoisotopic (exact) mass is 262 g/mol. The van der Waals surface area contributed by atoms with Gasteiger partial charge >= 0.3 is 0 Å². The van der Waals surface area contributed by atoms with Crippen LogP contribution in [0.3, 0.4) is 0 Å². The molecule has 7 nitrogen and oxygen atoms in total. The van der Waals surface area contributed by atoms with Gasteiger partial charge < -0.3 is 15.4 Å². The number of ether oxygens (including phenoxy) is 1. The minimum atomic E-state index is -0.121. The van der Waals surface area contributed by atoms with Crippen molar-refractivity contribution in [2.24, 2.45) is 0 Å². The van der Waals surface area contributed by atoms with Crippen molar-refractivity contribution in [3.05, 3.63) is 6.20 Å². The molecule has 7 heteroatoms. The normalized spacial score (nSPS) is 26.8. The van der Waals surface area contributed by atoms with Crippen molar-refractivity contribution in [3.63, 3.8) is 0 Å². The maximum atomic E-state index is 5.65. The molecule has 1 aliphatic rings. The molecule has 2 aromatic rings. The van der Waals surface area contributed by atoms with E-state index in [9.17, 15) is 0 Å². The summed E-state index contributed by atoms with van der Waals surface area (Å²) >= 11 is 0. The number of fused-ring (bicyclic) bond motifs is 1. The second-order valence-electron chi connectivity index (χ2n) is 5.08. The topological polar surface area (TPSA) is 87.8 Å². The van der Waals surface area contributed by atoms with E-state index in [1.54, 1.807) is 13.2 Å². The maximum Gasteiger partial charge on any atom is 0.226 e. The number of nitrogens with one attached hydrogen (secondary N) is 3. The first-order chi connectivity index (χ1) is 9.12. The highest BCUT2D eigenvalue weighted by Gasteiger charge is 2.37. The van der Waals surface area contributed by atoms with E-state index in [1.807, 2.05) is 0 Å². The summed E-state index contributed by atoms with van der Waals surface area (Å²) in [6.45, 7) is 4.99. The highest BCUT2D eigenvalue weighted by molar-refractivity contribution is 5.87. The van der Waals surface area contributed by atoms with Crippen molar-refractivity contribution in [2.45, 2.75) is 31.9 Å². The third kappa shape index (κ3) is 1.99. The number of nitrogens with zero attached hydrogens (tertiary/aromatic N) is 3. The van der Waals surface area contributed by atoms with Crippen molar-refractivity contribution in [1.29, 1.82) is 0 Å². The lowest BCUT2D eigenvalue weighted by molar-refractivity contribution is 0.105. The first-order valence-corrected chi connectivity index (χ1v) is 6.41. The van der Waals surface area contributed by atoms with E-state index in [0.29, 0.717) is 5.95 Å². The molecule has 0 aliphatic carbocycles. The molecule has 2 atom stereocenters. The number of rotatable bonds is 3. The molecule has 0 amide bonds. The van der Waals surface area contributed by atoms with Crippen LogP contribution in [0, 0.1) is 0 Å². The zero-order chi connectivity index (χ0) is 13.5. The molecule has 1 saturated heterocycles. The molecule has 0 bridgehead atoms. The lowest BCUT2D eigenvalue weighted by Crippen LogP contribution is -2.41. The van der Waals surface area contributed by atoms with E-state index in [0.717, 1.165) is 29.9 Å². The Morgan fingerprint density at radius 1 is 1.47 bits per heavy atom. The van der Waals surface area contributed by atoms with Crippen LogP contribution in [0.1, 0.15) is 20.3 Å². The van der Waals surface area contributed by atoms with Gasteiger partial charge in [-0.05, 0) is 20.3 Å². The molecule has 0 saturated carbocycles. The first kappa shape index (κ1) is 12.2. The average molecular weight is 262 g/mol. The third-order valence-corrected chi connectivity index (χ3v) is 3.82. The summed E-state index contributed by atoms with van der Waals surface area (Å²) in [5.74, 6) is 1.34. The highest BCUT2D eigenvalue weighted by Crippen LogP contribution is 2.31. The summed E-state index contributed by atoms with van der Waals surface area (Å²) < 4.78 is 5.65. The molecule has 0 spiro atoms. The molecule has 3 rings (SSSR count). The SMILES string of the molecule is CNc1nc(NC2(C)CCOC2C)c2cn[nH]c2n1. The average Bonchev–Trinajstić information content (AvgIpc) is 2.97. The summed E-state index contributed by atoms with van der Waals surface area (Å²) in [5, 5.41) is 14.2. The highest BCUT2D eigenvalue weighted by atomic mass is 16.5. The molecule has 0 aromatic carbocycles. The maximum absolute atomic E-state index is 5.65. The summed E-state index contributed by atoms with van der Waals surface area (Å²) in [6.07, 6.45) is 2.83. The number of aromatic nitrogens is 4. The molecule has 2 unspecified atom stereocenters. The van der Waals surface area contributed by atoms with Crippen molar-refractivity contribution in [3.8, 4) is 0 Å². The zero-order valence-corrected chi connectivity index (χ0v) is 11.3. The van der Waals surface area contributed by atoms with Crippen molar-refractivity contribution < 1.29 is 4.74 Å². The minimum absolute atomic E-state index is 0.121. The number of anilines is 2. The van der Waals surface area contributed by atoms with Gasteiger partial charge in [-0.15, -0.1) is 0 Å². The van der Waals surface area contributed by atoms with Gasteiger partial charge in [0.15, 0.2) is 5.65 Å². The number of aromatic amines is 1. The minimum Gasteiger partial charge on any atom is -0.376 e. The van der Waals surface area contributed by atoms with Crippen LogP contribution >= 0.6 is 0 Å². The molecule has 1 aliphatic heterocycles. The van der Waals surface area contributed by atoms with Gasteiger partial charge in [0.1, 0.15) is 5.82 Å². The molecule has 1 fully saturated rings. The third-order valence-electron chi connectivity index (χ3n) is 3.82. The van der Waals surface area contributed by atoms with Gasteiger partial charge in [0.2, 0.25) is 5.95 Å². The largest absolute Gasteiger partial charge is 0.376 e. The summed E-state index contributed by atoms with van der Waals surface area (Å²) in [5.41, 5.74) is 0.598. The van der Waals surface area contributed by atoms with Crippen LogP contribution < -0.4 is 10.6 Å². The zero-order valence-electron chi connectivity index (χ0n) is 11.3. The number of hydrogen-bond donors (Lipinski definition) is 3. The molecule has 0 radical (unpaired) electrons. The summed E-state index contributed by atoms with van der Waals surface area (Å²) in [4.78, 5) is 8.81. The second kappa shape index (κ2) is 4.34. The van der Waals surface area contributed by atoms with Crippen LogP contribution in [-0.4, -0.2) is 45.5 Å². The van der Waals surface area contributed by atoms with E-state index >= 15 is 0 Å².